The molecule has 0 radical (unpaired) electrons. The van der Waals surface area contributed by atoms with Crippen LogP contribution in [0.3, 0.4) is 0 Å². The number of aromatic nitrogens is 2. The van der Waals surface area contributed by atoms with Crippen LogP contribution in [0.4, 0.5) is 5.82 Å². The number of methoxy groups -OCH3 is 1. The van der Waals surface area contributed by atoms with Crippen LogP contribution in [0, 0.1) is 0 Å². The molecule has 1 aliphatic heterocycles. The molecule has 1 N–H and O–H groups in total. The van der Waals surface area contributed by atoms with Gasteiger partial charge in [0.1, 0.15) is 5.75 Å². The number of anilines is 1. The highest BCUT2D eigenvalue weighted by molar-refractivity contribution is 5.42. The predicted molar refractivity (Wildman–Crippen MR) is 62.9 cm³/mol. The molecule has 1 aliphatic rings. The van der Waals surface area contributed by atoms with Crippen LogP contribution in [0.5, 0.6) is 5.75 Å². The zero-order chi connectivity index (χ0) is 11.4. The molecule has 5 heteroatoms. The van der Waals surface area contributed by atoms with E-state index in [1.807, 2.05) is 6.07 Å². The second kappa shape index (κ2) is 5.12. The molecular formula is C11H18N4O. The molecule has 16 heavy (non-hydrogen) atoms. The first-order chi connectivity index (χ1) is 7.81. The second-order valence-electron chi connectivity index (χ2n) is 4.05. The molecule has 5 nitrogen and oxygen atoms in total. The van der Waals surface area contributed by atoms with Crippen molar-refractivity contribution >= 4 is 5.82 Å². The van der Waals surface area contributed by atoms with Crippen molar-refractivity contribution in [2.24, 2.45) is 0 Å². The molecule has 2 rings (SSSR count). The van der Waals surface area contributed by atoms with Crippen LogP contribution in [-0.4, -0.2) is 43.5 Å². The van der Waals surface area contributed by atoms with E-state index in [0.29, 0.717) is 6.04 Å². The fraction of sp³-hybridized carbons (Fsp3) is 0.636. The van der Waals surface area contributed by atoms with Gasteiger partial charge in [-0.2, -0.15) is 5.10 Å². The summed E-state index contributed by atoms with van der Waals surface area (Å²) in [6.07, 6.45) is 3.92. The Bertz CT molecular complexity index is 339. The molecule has 0 amide bonds. The maximum absolute atomic E-state index is 5.15. The van der Waals surface area contributed by atoms with E-state index < -0.39 is 0 Å². The van der Waals surface area contributed by atoms with E-state index in [-0.39, 0.29) is 0 Å². The molecule has 0 spiro atoms. The van der Waals surface area contributed by atoms with Gasteiger partial charge < -0.3 is 15.0 Å². The van der Waals surface area contributed by atoms with Gasteiger partial charge in [-0.1, -0.05) is 0 Å². The van der Waals surface area contributed by atoms with Crippen LogP contribution in [0.1, 0.15) is 12.8 Å². The molecule has 88 valence electrons. The molecule has 1 aromatic heterocycles. The van der Waals surface area contributed by atoms with Crippen molar-refractivity contribution in [3.8, 4) is 5.75 Å². The maximum Gasteiger partial charge on any atom is 0.154 e. The van der Waals surface area contributed by atoms with Crippen molar-refractivity contribution < 1.29 is 4.74 Å². The number of nitrogens with one attached hydrogen (secondary N) is 1. The Morgan fingerprint density at radius 3 is 2.88 bits per heavy atom. The van der Waals surface area contributed by atoms with Crippen LogP contribution in [-0.2, 0) is 0 Å². The molecule has 0 saturated carbocycles. The summed E-state index contributed by atoms with van der Waals surface area (Å²) in [6, 6.07) is 2.47. The summed E-state index contributed by atoms with van der Waals surface area (Å²) in [6.45, 7) is 2.15. The Kier molecular flexibility index (Phi) is 3.56. The summed E-state index contributed by atoms with van der Waals surface area (Å²) >= 11 is 0. The van der Waals surface area contributed by atoms with Crippen molar-refractivity contribution in [2.45, 2.75) is 18.9 Å². The zero-order valence-corrected chi connectivity index (χ0v) is 9.81. The summed E-state index contributed by atoms with van der Waals surface area (Å²) in [4.78, 5) is 2.19. The molecule has 1 saturated heterocycles. The molecule has 0 unspecified atom stereocenters. The fourth-order valence-electron chi connectivity index (χ4n) is 2.00. The molecule has 0 aromatic carbocycles. The van der Waals surface area contributed by atoms with E-state index in [2.05, 4.69) is 27.5 Å². The van der Waals surface area contributed by atoms with Crippen molar-refractivity contribution in [2.75, 3.05) is 32.1 Å². The number of ether oxygens (including phenoxy) is 1. The summed E-state index contributed by atoms with van der Waals surface area (Å²) in [5.74, 6) is 1.64. The van der Waals surface area contributed by atoms with Crippen molar-refractivity contribution in [1.29, 1.82) is 0 Å². The Morgan fingerprint density at radius 2 is 2.19 bits per heavy atom. The van der Waals surface area contributed by atoms with Crippen LogP contribution in [0.25, 0.3) is 0 Å². The lowest BCUT2D eigenvalue weighted by Gasteiger charge is -2.32. The number of piperidine rings is 1. The molecule has 0 aliphatic carbocycles. The van der Waals surface area contributed by atoms with E-state index >= 15 is 0 Å². The second-order valence-corrected chi connectivity index (χ2v) is 4.05. The summed E-state index contributed by atoms with van der Waals surface area (Å²) in [5.41, 5.74) is 0. The van der Waals surface area contributed by atoms with Crippen LogP contribution in [0.15, 0.2) is 12.3 Å². The van der Waals surface area contributed by atoms with Gasteiger partial charge in [-0.3, -0.25) is 0 Å². The largest absolute Gasteiger partial charge is 0.495 e. The highest BCUT2D eigenvalue weighted by Gasteiger charge is 2.19. The van der Waals surface area contributed by atoms with E-state index in [1.54, 1.807) is 13.3 Å². The number of hydrogen-bond acceptors (Lipinski definition) is 5. The summed E-state index contributed by atoms with van der Waals surface area (Å²) < 4.78 is 5.15. The maximum atomic E-state index is 5.15. The van der Waals surface area contributed by atoms with Gasteiger partial charge in [0.15, 0.2) is 5.82 Å². The monoisotopic (exact) mass is 222 g/mol. The Morgan fingerprint density at radius 1 is 1.44 bits per heavy atom. The lowest BCUT2D eigenvalue weighted by Crippen LogP contribution is -2.41. The number of hydrogen-bond donors (Lipinski definition) is 1. The molecular weight excluding hydrogens is 204 g/mol. The summed E-state index contributed by atoms with van der Waals surface area (Å²) in [5, 5.41) is 11.4. The van der Waals surface area contributed by atoms with Crippen LogP contribution < -0.4 is 15.0 Å². The lowest BCUT2D eigenvalue weighted by atomic mass is 10.1. The number of nitrogens with zero attached hydrogens (tertiary/aromatic N) is 3. The quantitative estimate of drug-likeness (QED) is 0.814. The van der Waals surface area contributed by atoms with E-state index in [4.69, 9.17) is 4.74 Å². The van der Waals surface area contributed by atoms with Crippen LogP contribution in [0.2, 0.25) is 0 Å². The highest BCUT2D eigenvalue weighted by Crippen LogP contribution is 2.20. The Labute approximate surface area is 95.8 Å². The van der Waals surface area contributed by atoms with Crippen molar-refractivity contribution in [3.05, 3.63) is 12.3 Å². The van der Waals surface area contributed by atoms with Gasteiger partial charge in [-0.15, -0.1) is 5.10 Å². The smallest absolute Gasteiger partial charge is 0.154 e. The highest BCUT2D eigenvalue weighted by atomic mass is 16.5. The molecule has 1 aromatic rings. The van der Waals surface area contributed by atoms with Gasteiger partial charge in [0.05, 0.1) is 13.3 Å². The minimum absolute atomic E-state index is 0.544. The van der Waals surface area contributed by atoms with Gasteiger partial charge in [-0.25, -0.2) is 0 Å². The minimum atomic E-state index is 0.544. The Balaban J connectivity index is 2.09. The third-order valence-electron chi connectivity index (χ3n) is 3.07. The lowest BCUT2D eigenvalue weighted by molar-refractivity contribution is 0.409. The third-order valence-corrected chi connectivity index (χ3v) is 3.07. The van der Waals surface area contributed by atoms with Gasteiger partial charge in [0.2, 0.25) is 0 Å². The molecule has 2 heterocycles. The molecule has 0 atom stereocenters. The van der Waals surface area contributed by atoms with Gasteiger partial charge in [0, 0.05) is 19.2 Å². The van der Waals surface area contributed by atoms with Crippen molar-refractivity contribution in [1.82, 2.24) is 15.5 Å². The van der Waals surface area contributed by atoms with E-state index in [9.17, 15) is 0 Å². The van der Waals surface area contributed by atoms with Gasteiger partial charge in [-0.05, 0) is 25.9 Å². The first kappa shape index (κ1) is 11.1. The van der Waals surface area contributed by atoms with Gasteiger partial charge >= 0.3 is 0 Å². The Hall–Kier alpha value is -1.36. The average Bonchev–Trinajstić information content (AvgIpc) is 2.39. The average molecular weight is 222 g/mol. The predicted octanol–water partition coefficient (Wildman–Crippen LogP) is 0.673. The van der Waals surface area contributed by atoms with E-state index in [0.717, 1.165) is 37.5 Å². The standard InChI is InChI=1S/C11H18N4O/c1-15(9-3-5-12-6-4-9)11-7-10(16-2)8-13-14-11/h7-9,12H,3-6H2,1-2H3. The topological polar surface area (TPSA) is 50.3 Å². The normalized spacial score (nSPS) is 17.1. The zero-order valence-electron chi connectivity index (χ0n) is 9.81. The SMILES string of the molecule is COc1cnnc(N(C)C2CCNCC2)c1. The molecule has 0 bridgehead atoms. The van der Waals surface area contributed by atoms with E-state index in [1.165, 1.54) is 0 Å². The first-order valence-corrected chi connectivity index (χ1v) is 5.61. The van der Waals surface area contributed by atoms with Gasteiger partial charge in [0.25, 0.3) is 0 Å². The summed E-state index contributed by atoms with van der Waals surface area (Å²) in [7, 11) is 3.71. The van der Waals surface area contributed by atoms with Crippen molar-refractivity contribution in [3.63, 3.8) is 0 Å². The van der Waals surface area contributed by atoms with Crippen LogP contribution >= 0.6 is 0 Å². The molecule has 1 fully saturated rings. The number of rotatable bonds is 3. The fourth-order valence-corrected chi connectivity index (χ4v) is 2.00. The third kappa shape index (κ3) is 2.41. The first-order valence-electron chi connectivity index (χ1n) is 5.61. The minimum Gasteiger partial charge on any atom is -0.495 e.